The van der Waals surface area contributed by atoms with E-state index < -0.39 is 4.92 Å². The lowest BCUT2D eigenvalue weighted by Gasteiger charge is -2.06. The van der Waals surface area contributed by atoms with Crippen LogP contribution in [0.3, 0.4) is 0 Å². The summed E-state index contributed by atoms with van der Waals surface area (Å²) in [5.74, 6) is 0. The average Bonchev–Trinajstić information content (AvgIpc) is 2.88. The quantitative estimate of drug-likeness (QED) is 0.465. The maximum absolute atomic E-state index is 11.0. The van der Waals surface area contributed by atoms with Gasteiger partial charge in [0.15, 0.2) is 6.29 Å². The third kappa shape index (κ3) is 3.08. The van der Waals surface area contributed by atoms with Crippen LogP contribution in [0.15, 0.2) is 18.2 Å². The largest absolute Gasteiger partial charge is 0.296 e. The van der Waals surface area contributed by atoms with Gasteiger partial charge in [0.05, 0.1) is 16.3 Å². The number of unbranched alkanes of at least 4 members (excludes halogenated alkanes) is 1. The Bertz CT molecular complexity index is 684. The smallest absolute Gasteiger partial charge is 0.290 e. The number of nitrogens with zero attached hydrogens (tertiary/aromatic N) is 4. The van der Waals surface area contributed by atoms with E-state index >= 15 is 0 Å². The zero-order chi connectivity index (χ0) is 15.4. The number of aromatic nitrogens is 3. The third-order valence-corrected chi connectivity index (χ3v) is 3.36. The Hall–Kier alpha value is -2.28. The summed E-state index contributed by atoms with van der Waals surface area (Å²) in [6.07, 6.45) is 3.07. The SMILES string of the molecule is CCCCc1c(C=O)nnn1-c1ccc(Cl)c([N+](=O)[O-])c1. The fourth-order valence-electron chi connectivity index (χ4n) is 1.96. The highest BCUT2D eigenvalue weighted by Crippen LogP contribution is 2.27. The molecular weight excluding hydrogens is 296 g/mol. The second-order valence-electron chi connectivity index (χ2n) is 4.45. The van der Waals surface area contributed by atoms with Gasteiger partial charge in [-0.15, -0.1) is 5.10 Å². The monoisotopic (exact) mass is 308 g/mol. The minimum Gasteiger partial charge on any atom is -0.296 e. The lowest BCUT2D eigenvalue weighted by molar-refractivity contribution is -0.384. The molecule has 2 aromatic rings. The molecule has 0 fully saturated rings. The number of carbonyl (C=O) groups excluding carboxylic acids is 1. The summed E-state index contributed by atoms with van der Waals surface area (Å²) >= 11 is 5.79. The Morgan fingerprint density at radius 2 is 2.24 bits per heavy atom. The molecule has 2 rings (SSSR count). The fraction of sp³-hybridized carbons (Fsp3) is 0.308. The van der Waals surface area contributed by atoms with Crippen molar-refractivity contribution in [3.05, 3.63) is 44.7 Å². The number of carbonyl (C=O) groups is 1. The molecule has 0 amide bonds. The third-order valence-electron chi connectivity index (χ3n) is 3.04. The molecule has 0 radical (unpaired) electrons. The first-order chi connectivity index (χ1) is 10.1. The first kappa shape index (κ1) is 15.1. The number of halogens is 1. The van der Waals surface area contributed by atoms with E-state index in [1.54, 1.807) is 6.07 Å². The molecule has 1 aromatic carbocycles. The van der Waals surface area contributed by atoms with Crippen molar-refractivity contribution in [2.24, 2.45) is 0 Å². The van der Waals surface area contributed by atoms with Crippen LogP contribution in [0.4, 0.5) is 5.69 Å². The molecule has 8 heteroatoms. The highest BCUT2D eigenvalue weighted by atomic mass is 35.5. The average molecular weight is 309 g/mol. The molecule has 0 unspecified atom stereocenters. The number of nitro groups is 1. The molecule has 0 aliphatic heterocycles. The van der Waals surface area contributed by atoms with Gasteiger partial charge in [0.2, 0.25) is 0 Å². The van der Waals surface area contributed by atoms with E-state index in [1.165, 1.54) is 16.8 Å². The molecule has 1 heterocycles. The summed E-state index contributed by atoms with van der Waals surface area (Å²) in [5, 5.41) is 18.7. The molecule has 0 aliphatic carbocycles. The van der Waals surface area contributed by atoms with Crippen LogP contribution in [-0.4, -0.2) is 26.2 Å². The Morgan fingerprint density at radius 1 is 1.48 bits per heavy atom. The van der Waals surface area contributed by atoms with Crippen LogP contribution in [0.2, 0.25) is 5.02 Å². The van der Waals surface area contributed by atoms with Crippen molar-refractivity contribution in [3.63, 3.8) is 0 Å². The second kappa shape index (κ2) is 6.45. The number of nitro benzene ring substituents is 1. The van der Waals surface area contributed by atoms with E-state index in [0.717, 1.165) is 12.8 Å². The van der Waals surface area contributed by atoms with E-state index in [-0.39, 0.29) is 16.4 Å². The molecule has 21 heavy (non-hydrogen) atoms. The van der Waals surface area contributed by atoms with E-state index in [2.05, 4.69) is 10.3 Å². The number of rotatable bonds is 6. The standard InChI is InChI=1S/C13H13ClN4O3/c1-2-3-4-12-11(8-19)15-16-17(12)9-5-6-10(14)13(7-9)18(20)21/h5-8H,2-4H2,1H3. The van der Waals surface area contributed by atoms with Gasteiger partial charge < -0.3 is 0 Å². The zero-order valence-electron chi connectivity index (χ0n) is 11.3. The first-order valence-corrected chi connectivity index (χ1v) is 6.80. The molecule has 1 aromatic heterocycles. The molecule has 0 N–H and O–H groups in total. The van der Waals surface area contributed by atoms with Gasteiger partial charge in [-0.25, -0.2) is 4.68 Å². The lowest BCUT2D eigenvalue weighted by atomic mass is 10.1. The van der Waals surface area contributed by atoms with Gasteiger partial charge >= 0.3 is 0 Å². The van der Waals surface area contributed by atoms with E-state index in [9.17, 15) is 14.9 Å². The Labute approximate surface area is 125 Å². The molecular formula is C13H13ClN4O3. The lowest BCUT2D eigenvalue weighted by Crippen LogP contribution is -2.04. The normalized spacial score (nSPS) is 10.6. The van der Waals surface area contributed by atoms with E-state index in [0.29, 0.717) is 24.1 Å². The van der Waals surface area contributed by atoms with Crippen molar-refractivity contribution in [2.45, 2.75) is 26.2 Å². The topological polar surface area (TPSA) is 90.9 Å². The minimum absolute atomic E-state index is 0.0505. The van der Waals surface area contributed by atoms with Crippen LogP contribution < -0.4 is 0 Å². The van der Waals surface area contributed by atoms with Crippen molar-refractivity contribution in [1.29, 1.82) is 0 Å². The van der Waals surface area contributed by atoms with Crippen LogP contribution in [0.25, 0.3) is 5.69 Å². The molecule has 0 saturated heterocycles. The van der Waals surface area contributed by atoms with Gasteiger partial charge in [0.25, 0.3) is 5.69 Å². The molecule has 0 spiro atoms. The maximum atomic E-state index is 11.0. The summed E-state index contributed by atoms with van der Waals surface area (Å²) in [6, 6.07) is 4.36. The van der Waals surface area contributed by atoms with Crippen LogP contribution in [0, 0.1) is 10.1 Å². The second-order valence-corrected chi connectivity index (χ2v) is 4.85. The Balaban J connectivity index is 2.51. The van der Waals surface area contributed by atoms with Crippen LogP contribution in [-0.2, 0) is 6.42 Å². The zero-order valence-corrected chi connectivity index (χ0v) is 12.1. The molecule has 110 valence electrons. The molecule has 0 aliphatic rings. The molecule has 0 atom stereocenters. The van der Waals surface area contributed by atoms with E-state index in [1.807, 2.05) is 6.92 Å². The fourth-order valence-corrected chi connectivity index (χ4v) is 2.15. The van der Waals surface area contributed by atoms with Crippen molar-refractivity contribution < 1.29 is 9.72 Å². The van der Waals surface area contributed by atoms with E-state index in [4.69, 9.17) is 11.6 Å². The van der Waals surface area contributed by atoms with Crippen LogP contribution >= 0.6 is 11.6 Å². The van der Waals surface area contributed by atoms with Gasteiger partial charge in [-0.05, 0) is 25.0 Å². The number of hydrogen-bond donors (Lipinski definition) is 0. The van der Waals surface area contributed by atoms with Crippen LogP contribution in [0.5, 0.6) is 0 Å². The predicted molar refractivity (Wildman–Crippen MR) is 77.0 cm³/mol. The number of benzene rings is 1. The molecule has 0 bridgehead atoms. The minimum atomic E-state index is -0.560. The maximum Gasteiger partial charge on any atom is 0.290 e. The predicted octanol–water partition coefficient (Wildman–Crippen LogP) is 2.98. The first-order valence-electron chi connectivity index (χ1n) is 6.42. The molecule has 0 saturated carbocycles. The van der Waals surface area contributed by atoms with Gasteiger partial charge in [-0.2, -0.15) is 0 Å². The van der Waals surface area contributed by atoms with Gasteiger partial charge in [0, 0.05) is 6.07 Å². The Morgan fingerprint density at radius 3 is 2.86 bits per heavy atom. The van der Waals surface area contributed by atoms with Gasteiger partial charge in [-0.1, -0.05) is 30.2 Å². The summed E-state index contributed by atoms with van der Waals surface area (Å²) in [4.78, 5) is 21.4. The highest BCUT2D eigenvalue weighted by Gasteiger charge is 2.18. The summed E-state index contributed by atoms with van der Waals surface area (Å²) in [6.45, 7) is 2.03. The summed E-state index contributed by atoms with van der Waals surface area (Å²) < 4.78 is 1.45. The Kier molecular flexibility index (Phi) is 4.64. The van der Waals surface area contributed by atoms with Crippen molar-refractivity contribution in [3.8, 4) is 5.69 Å². The highest BCUT2D eigenvalue weighted by molar-refractivity contribution is 6.32. The number of hydrogen-bond acceptors (Lipinski definition) is 5. The van der Waals surface area contributed by atoms with Crippen molar-refractivity contribution in [1.82, 2.24) is 15.0 Å². The van der Waals surface area contributed by atoms with Gasteiger partial charge in [-0.3, -0.25) is 14.9 Å². The number of aldehydes is 1. The summed E-state index contributed by atoms with van der Waals surface area (Å²) in [5.41, 5.74) is 1.14. The summed E-state index contributed by atoms with van der Waals surface area (Å²) in [7, 11) is 0. The van der Waals surface area contributed by atoms with Crippen LogP contribution in [0.1, 0.15) is 35.9 Å². The van der Waals surface area contributed by atoms with Gasteiger partial charge in [0.1, 0.15) is 10.7 Å². The molecule has 7 nitrogen and oxygen atoms in total. The van der Waals surface area contributed by atoms with Crippen molar-refractivity contribution >= 4 is 23.6 Å². The van der Waals surface area contributed by atoms with Crippen molar-refractivity contribution in [2.75, 3.05) is 0 Å².